The van der Waals surface area contributed by atoms with E-state index < -0.39 is 12.9 Å². The monoisotopic (exact) mass is 392 g/mol. The van der Waals surface area contributed by atoms with E-state index in [9.17, 15) is 8.78 Å². The number of rotatable bonds is 1. The third-order valence-electron chi connectivity index (χ3n) is 2.04. The smallest absolute Gasteiger partial charge is 0.423 e. The van der Waals surface area contributed by atoms with Crippen LogP contribution in [0.2, 0.25) is 0 Å². The minimum absolute atomic E-state index is 0.126. The highest BCUT2D eigenvalue weighted by Crippen LogP contribution is 2.08. The maximum atomic E-state index is 12.7. The van der Waals surface area contributed by atoms with Crippen LogP contribution in [-0.2, 0) is 0 Å². The van der Waals surface area contributed by atoms with Gasteiger partial charge in [-0.05, 0) is 42.5 Å². The van der Waals surface area contributed by atoms with Crippen molar-refractivity contribution in [2.45, 2.75) is 0 Å². The summed E-state index contributed by atoms with van der Waals surface area (Å²) in [4.78, 5) is 0. The zero-order valence-electron chi connectivity index (χ0n) is 9.53. The average molecular weight is 394 g/mol. The van der Waals surface area contributed by atoms with Crippen molar-refractivity contribution < 1.29 is 18.8 Å². The summed E-state index contributed by atoms with van der Waals surface area (Å²) in [5.41, 5.74) is -0.126. The largest absolute Gasteiger partial charge is 0.491 e. The highest BCUT2D eigenvalue weighted by atomic mass is 79.9. The molecule has 2 aromatic rings. The fourth-order valence-electron chi connectivity index (χ4n) is 1.14. The lowest BCUT2D eigenvalue weighted by Gasteiger charge is -2.00. The molecule has 0 unspecified atom stereocenters. The third kappa shape index (κ3) is 5.82. The topological polar surface area (TPSA) is 40.5 Å². The standard InChI is InChI=1S/C6H5BBrFO2.C6H4BrF/c8-4-1-2-6(9)5(3-4)7(10)11;7-5-1-3-6(8)4-2-5/h1-3,10-11H;1-4H. The van der Waals surface area contributed by atoms with Gasteiger partial charge in [0.2, 0.25) is 0 Å². The lowest BCUT2D eigenvalue weighted by atomic mass is 9.80. The molecule has 0 saturated heterocycles. The Morgan fingerprint density at radius 3 is 1.79 bits per heavy atom. The van der Waals surface area contributed by atoms with Crippen LogP contribution < -0.4 is 5.46 Å². The molecular weight excluding hydrogens is 385 g/mol. The molecule has 7 heteroatoms. The Labute approximate surface area is 126 Å². The number of benzene rings is 2. The van der Waals surface area contributed by atoms with E-state index in [-0.39, 0.29) is 11.3 Å². The molecule has 0 radical (unpaired) electrons. The summed E-state index contributed by atoms with van der Waals surface area (Å²) < 4.78 is 26.3. The van der Waals surface area contributed by atoms with Gasteiger partial charge in [-0.15, -0.1) is 0 Å². The van der Waals surface area contributed by atoms with Gasteiger partial charge in [0.15, 0.2) is 0 Å². The number of hydrogen-bond acceptors (Lipinski definition) is 2. The quantitative estimate of drug-likeness (QED) is 0.731. The summed E-state index contributed by atoms with van der Waals surface area (Å²) in [5, 5.41) is 17.2. The van der Waals surface area contributed by atoms with E-state index in [1.54, 1.807) is 12.1 Å². The van der Waals surface area contributed by atoms with Crippen molar-refractivity contribution in [1.82, 2.24) is 0 Å². The molecule has 0 bridgehead atoms. The Hall–Kier alpha value is -0.755. The van der Waals surface area contributed by atoms with Crippen LogP contribution in [0.25, 0.3) is 0 Å². The molecule has 0 aromatic heterocycles. The van der Waals surface area contributed by atoms with Crippen LogP contribution in [-0.4, -0.2) is 17.2 Å². The molecule has 0 spiro atoms. The van der Waals surface area contributed by atoms with E-state index in [2.05, 4.69) is 31.9 Å². The third-order valence-corrected chi connectivity index (χ3v) is 3.06. The predicted molar refractivity (Wildman–Crippen MR) is 78.0 cm³/mol. The molecule has 0 aliphatic rings. The Kier molecular flexibility index (Phi) is 6.64. The maximum absolute atomic E-state index is 12.7. The first-order valence-electron chi connectivity index (χ1n) is 5.12. The van der Waals surface area contributed by atoms with Crippen LogP contribution in [0, 0.1) is 11.6 Å². The van der Waals surface area contributed by atoms with Gasteiger partial charge in [0.25, 0.3) is 0 Å². The maximum Gasteiger partial charge on any atom is 0.491 e. The molecule has 19 heavy (non-hydrogen) atoms. The fourth-order valence-corrected chi connectivity index (χ4v) is 1.79. The van der Waals surface area contributed by atoms with E-state index in [4.69, 9.17) is 10.0 Å². The zero-order valence-corrected chi connectivity index (χ0v) is 12.7. The Balaban J connectivity index is 0.000000200. The second kappa shape index (κ2) is 7.74. The Morgan fingerprint density at radius 1 is 0.842 bits per heavy atom. The molecule has 0 saturated carbocycles. The van der Waals surface area contributed by atoms with Crippen LogP contribution in [0.15, 0.2) is 51.4 Å². The van der Waals surface area contributed by atoms with Gasteiger partial charge in [-0.25, -0.2) is 8.78 Å². The van der Waals surface area contributed by atoms with Crippen molar-refractivity contribution in [2.24, 2.45) is 0 Å². The van der Waals surface area contributed by atoms with Crippen LogP contribution in [0.1, 0.15) is 0 Å². The molecule has 2 N–H and O–H groups in total. The lowest BCUT2D eigenvalue weighted by molar-refractivity contribution is 0.423. The first-order valence-corrected chi connectivity index (χ1v) is 6.71. The van der Waals surface area contributed by atoms with Gasteiger partial charge < -0.3 is 10.0 Å². The molecule has 2 aromatic carbocycles. The van der Waals surface area contributed by atoms with Crippen molar-refractivity contribution in [3.05, 3.63) is 63.0 Å². The van der Waals surface area contributed by atoms with E-state index in [0.29, 0.717) is 4.47 Å². The highest BCUT2D eigenvalue weighted by Gasteiger charge is 2.15. The van der Waals surface area contributed by atoms with Crippen LogP contribution in [0.3, 0.4) is 0 Å². The Morgan fingerprint density at radius 2 is 1.37 bits per heavy atom. The van der Waals surface area contributed by atoms with Gasteiger partial charge in [-0.3, -0.25) is 0 Å². The molecule has 2 nitrogen and oxygen atoms in total. The van der Waals surface area contributed by atoms with Crippen LogP contribution in [0.5, 0.6) is 0 Å². The Bertz CT molecular complexity index is 515. The van der Waals surface area contributed by atoms with E-state index in [1.807, 2.05) is 0 Å². The number of halogens is 4. The zero-order chi connectivity index (χ0) is 14.4. The van der Waals surface area contributed by atoms with Crippen LogP contribution in [0.4, 0.5) is 8.78 Å². The van der Waals surface area contributed by atoms with Crippen molar-refractivity contribution in [3.63, 3.8) is 0 Å². The summed E-state index contributed by atoms with van der Waals surface area (Å²) in [6, 6.07) is 10.1. The van der Waals surface area contributed by atoms with E-state index >= 15 is 0 Å². The average Bonchev–Trinajstić information content (AvgIpc) is 2.36. The number of hydrogen-bond donors (Lipinski definition) is 2. The highest BCUT2D eigenvalue weighted by molar-refractivity contribution is 9.10. The van der Waals surface area contributed by atoms with E-state index in [0.717, 1.165) is 4.47 Å². The van der Waals surface area contributed by atoms with Gasteiger partial charge in [-0.2, -0.15) is 0 Å². The first-order chi connectivity index (χ1) is 8.90. The summed E-state index contributed by atoms with van der Waals surface area (Å²) in [6.45, 7) is 0. The summed E-state index contributed by atoms with van der Waals surface area (Å²) in [6.07, 6.45) is 0. The minimum Gasteiger partial charge on any atom is -0.423 e. The normalized spacial score (nSPS) is 9.58. The van der Waals surface area contributed by atoms with Gasteiger partial charge in [0, 0.05) is 14.4 Å². The van der Waals surface area contributed by atoms with Gasteiger partial charge in [0.1, 0.15) is 11.6 Å². The van der Waals surface area contributed by atoms with Gasteiger partial charge >= 0.3 is 7.12 Å². The summed E-state index contributed by atoms with van der Waals surface area (Å²) in [5.74, 6) is -0.823. The fraction of sp³-hybridized carbons (Fsp3) is 0. The summed E-state index contributed by atoms with van der Waals surface area (Å²) in [7, 11) is -1.76. The van der Waals surface area contributed by atoms with Crippen molar-refractivity contribution in [2.75, 3.05) is 0 Å². The molecule has 0 fully saturated rings. The minimum atomic E-state index is -1.76. The van der Waals surface area contributed by atoms with Gasteiger partial charge in [0.05, 0.1) is 0 Å². The molecule has 0 amide bonds. The molecule has 100 valence electrons. The van der Waals surface area contributed by atoms with Crippen molar-refractivity contribution in [1.29, 1.82) is 0 Å². The second-order valence-electron chi connectivity index (χ2n) is 3.48. The molecule has 0 aliphatic heterocycles. The van der Waals surface area contributed by atoms with Crippen molar-refractivity contribution >= 4 is 44.4 Å². The molecule has 2 rings (SSSR count). The molecule has 0 aliphatic carbocycles. The van der Waals surface area contributed by atoms with Crippen LogP contribution >= 0.6 is 31.9 Å². The first kappa shape index (κ1) is 16.3. The van der Waals surface area contributed by atoms with Gasteiger partial charge in [-0.1, -0.05) is 31.9 Å². The van der Waals surface area contributed by atoms with E-state index in [1.165, 1.54) is 30.3 Å². The lowest BCUT2D eigenvalue weighted by Crippen LogP contribution is -2.32. The molecular formula is C12H9BBr2F2O2. The molecule has 0 atom stereocenters. The van der Waals surface area contributed by atoms with Crippen molar-refractivity contribution in [3.8, 4) is 0 Å². The second-order valence-corrected chi connectivity index (χ2v) is 5.31. The SMILES string of the molecule is Fc1ccc(Br)cc1.OB(O)c1cc(Br)ccc1F. The summed E-state index contributed by atoms with van der Waals surface area (Å²) >= 11 is 6.25. The predicted octanol–water partition coefficient (Wildman–Crippen LogP) is 2.86. The molecule has 0 heterocycles.